The van der Waals surface area contributed by atoms with Gasteiger partial charge >= 0.3 is 5.97 Å². The fourth-order valence-electron chi connectivity index (χ4n) is 1.38. The van der Waals surface area contributed by atoms with E-state index in [-0.39, 0.29) is 0 Å². The van der Waals surface area contributed by atoms with Gasteiger partial charge in [-0.15, -0.1) is 11.3 Å². The van der Waals surface area contributed by atoms with Gasteiger partial charge in [0.2, 0.25) is 5.91 Å². The second-order valence-electron chi connectivity index (χ2n) is 4.99. The summed E-state index contributed by atoms with van der Waals surface area (Å²) in [6.45, 7) is 5.32. The van der Waals surface area contributed by atoms with Crippen molar-refractivity contribution in [1.82, 2.24) is 5.32 Å². The van der Waals surface area contributed by atoms with E-state index in [0.29, 0.717) is 0 Å². The van der Waals surface area contributed by atoms with Gasteiger partial charge in [0, 0.05) is 11.0 Å². The summed E-state index contributed by atoms with van der Waals surface area (Å²) in [6.07, 6.45) is 3.02. The van der Waals surface area contributed by atoms with Crippen molar-refractivity contribution >= 4 is 29.3 Å². The Morgan fingerprint density at radius 3 is 2.56 bits per heavy atom. The van der Waals surface area contributed by atoms with Crippen molar-refractivity contribution in [1.29, 1.82) is 0 Å². The van der Waals surface area contributed by atoms with E-state index < -0.39 is 23.3 Å². The lowest BCUT2D eigenvalue weighted by atomic mass is 9.87. The summed E-state index contributed by atoms with van der Waals surface area (Å²) in [4.78, 5) is 23.7. The van der Waals surface area contributed by atoms with Crippen LogP contribution in [0, 0.1) is 5.41 Å². The Bertz CT molecular complexity index is 443. The average Bonchev–Trinajstić information content (AvgIpc) is 2.73. The lowest BCUT2D eigenvalue weighted by Crippen LogP contribution is -2.48. The SMILES string of the molecule is CC(C)(C)[C@@H](NC(=O)/C=C/c1cccs1)C(=O)O. The summed E-state index contributed by atoms with van der Waals surface area (Å²) < 4.78 is 0. The van der Waals surface area contributed by atoms with Crippen molar-refractivity contribution in [3.05, 3.63) is 28.5 Å². The molecule has 0 unspecified atom stereocenters. The number of thiophene rings is 1. The van der Waals surface area contributed by atoms with Crippen molar-refractivity contribution < 1.29 is 14.7 Å². The molecule has 0 aliphatic carbocycles. The largest absolute Gasteiger partial charge is 0.480 e. The molecule has 18 heavy (non-hydrogen) atoms. The van der Waals surface area contributed by atoms with Crippen molar-refractivity contribution in [3.63, 3.8) is 0 Å². The molecule has 0 aliphatic heterocycles. The Morgan fingerprint density at radius 2 is 2.11 bits per heavy atom. The van der Waals surface area contributed by atoms with Gasteiger partial charge in [0.1, 0.15) is 6.04 Å². The topological polar surface area (TPSA) is 66.4 Å². The van der Waals surface area contributed by atoms with Gasteiger partial charge in [-0.3, -0.25) is 4.79 Å². The highest BCUT2D eigenvalue weighted by molar-refractivity contribution is 7.10. The van der Waals surface area contributed by atoms with Crippen molar-refractivity contribution in [2.45, 2.75) is 26.8 Å². The molecule has 98 valence electrons. The Balaban J connectivity index is 2.66. The molecule has 0 aliphatic rings. The molecular formula is C13H17NO3S. The minimum atomic E-state index is -1.03. The molecule has 0 saturated carbocycles. The number of aliphatic carboxylic acids is 1. The molecule has 0 fully saturated rings. The van der Waals surface area contributed by atoms with Crippen LogP contribution in [0.2, 0.25) is 0 Å². The Morgan fingerprint density at radius 1 is 1.44 bits per heavy atom. The first kappa shape index (κ1) is 14.4. The number of carboxylic acid groups (broad SMARTS) is 1. The predicted molar refractivity (Wildman–Crippen MR) is 72.4 cm³/mol. The molecule has 2 N–H and O–H groups in total. The van der Waals surface area contributed by atoms with Gasteiger partial charge in [0.25, 0.3) is 0 Å². The molecule has 5 heteroatoms. The van der Waals surface area contributed by atoms with Crippen LogP contribution in [0.1, 0.15) is 25.6 Å². The number of rotatable bonds is 4. The van der Waals surface area contributed by atoms with Gasteiger partial charge in [0.15, 0.2) is 0 Å². The summed E-state index contributed by atoms with van der Waals surface area (Å²) in [5, 5.41) is 13.5. The van der Waals surface area contributed by atoms with E-state index in [1.54, 1.807) is 26.8 Å². The van der Waals surface area contributed by atoms with Gasteiger partial charge in [0.05, 0.1) is 0 Å². The molecular weight excluding hydrogens is 250 g/mol. The second kappa shape index (κ2) is 5.82. The Labute approximate surface area is 110 Å². The molecule has 0 spiro atoms. The highest BCUT2D eigenvalue weighted by Crippen LogP contribution is 2.19. The minimum absolute atomic E-state index is 0.397. The van der Waals surface area contributed by atoms with Crippen LogP contribution in [-0.4, -0.2) is 23.0 Å². The van der Waals surface area contributed by atoms with E-state index in [1.165, 1.54) is 17.4 Å². The number of amides is 1. The summed E-state index contributed by atoms with van der Waals surface area (Å²) >= 11 is 1.51. The number of carbonyl (C=O) groups is 2. The van der Waals surface area contributed by atoms with Crippen LogP contribution in [0.4, 0.5) is 0 Å². The first-order chi connectivity index (χ1) is 8.30. The maximum absolute atomic E-state index is 11.6. The average molecular weight is 267 g/mol. The fraction of sp³-hybridized carbons (Fsp3) is 0.385. The van der Waals surface area contributed by atoms with Crippen LogP contribution in [0.15, 0.2) is 23.6 Å². The molecule has 0 aromatic carbocycles. The number of carbonyl (C=O) groups excluding carboxylic acids is 1. The molecule has 0 bridgehead atoms. The molecule has 1 amide bonds. The van der Waals surface area contributed by atoms with E-state index >= 15 is 0 Å². The maximum atomic E-state index is 11.6. The quantitative estimate of drug-likeness (QED) is 0.823. The molecule has 4 nitrogen and oxygen atoms in total. The monoisotopic (exact) mass is 267 g/mol. The minimum Gasteiger partial charge on any atom is -0.480 e. The summed E-state index contributed by atoms with van der Waals surface area (Å²) in [5.41, 5.74) is -0.529. The van der Waals surface area contributed by atoms with Gasteiger partial charge in [-0.05, 0) is 22.9 Å². The normalized spacial score (nSPS) is 13.5. The van der Waals surface area contributed by atoms with Crippen LogP contribution in [0.25, 0.3) is 6.08 Å². The molecule has 0 saturated heterocycles. The van der Waals surface area contributed by atoms with Crippen LogP contribution in [0.3, 0.4) is 0 Å². The molecule has 1 heterocycles. The third-order valence-corrected chi connectivity index (χ3v) is 3.18. The number of hydrogen-bond acceptors (Lipinski definition) is 3. The van der Waals surface area contributed by atoms with Crippen molar-refractivity contribution in [2.75, 3.05) is 0 Å². The van der Waals surface area contributed by atoms with E-state index in [2.05, 4.69) is 5.32 Å². The van der Waals surface area contributed by atoms with Crippen LogP contribution in [-0.2, 0) is 9.59 Å². The van der Waals surface area contributed by atoms with Crippen LogP contribution >= 0.6 is 11.3 Å². The smallest absolute Gasteiger partial charge is 0.326 e. The van der Waals surface area contributed by atoms with E-state index in [9.17, 15) is 9.59 Å². The third-order valence-electron chi connectivity index (χ3n) is 2.34. The third kappa shape index (κ3) is 4.33. The number of carboxylic acids is 1. The summed E-state index contributed by atoms with van der Waals surface area (Å²) in [7, 11) is 0. The zero-order valence-electron chi connectivity index (χ0n) is 10.6. The van der Waals surface area contributed by atoms with Crippen molar-refractivity contribution in [2.24, 2.45) is 5.41 Å². The van der Waals surface area contributed by atoms with Gasteiger partial charge in [-0.1, -0.05) is 26.8 Å². The zero-order chi connectivity index (χ0) is 13.8. The summed E-state index contributed by atoms with van der Waals surface area (Å²) in [5.74, 6) is -1.42. The molecule has 1 aromatic rings. The first-order valence-corrected chi connectivity index (χ1v) is 6.43. The number of nitrogens with one attached hydrogen (secondary N) is 1. The highest BCUT2D eigenvalue weighted by atomic mass is 32.1. The zero-order valence-corrected chi connectivity index (χ0v) is 11.5. The van der Waals surface area contributed by atoms with Crippen LogP contribution < -0.4 is 5.32 Å². The van der Waals surface area contributed by atoms with Gasteiger partial charge in [-0.2, -0.15) is 0 Å². The predicted octanol–water partition coefficient (Wildman–Crippen LogP) is 2.38. The summed E-state index contributed by atoms with van der Waals surface area (Å²) in [6, 6.07) is 2.86. The maximum Gasteiger partial charge on any atom is 0.326 e. The molecule has 1 aromatic heterocycles. The Hall–Kier alpha value is -1.62. The fourth-order valence-corrected chi connectivity index (χ4v) is 2.00. The lowest BCUT2D eigenvalue weighted by Gasteiger charge is -2.27. The lowest BCUT2D eigenvalue weighted by molar-refractivity contribution is -0.144. The second-order valence-corrected chi connectivity index (χ2v) is 5.97. The highest BCUT2D eigenvalue weighted by Gasteiger charge is 2.31. The van der Waals surface area contributed by atoms with E-state index in [1.807, 2.05) is 17.5 Å². The van der Waals surface area contributed by atoms with Gasteiger partial charge in [-0.25, -0.2) is 4.79 Å². The first-order valence-electron chi connectivity index (χ1n) is 5.55. The molecule has 1 atom stereocenters. The standard InChI is InChI=1S/C13H17NO3S/c1-13(2,3)11(12(16)17)14-10(15)7-6-9-5-4-8-18-9/h4-8,11H,1-3H3,(H,14,15)(H,16,17)/b7-6+/t11-/m0/s1. The van der Waals surface area contributed by atoms with E-state index in [0.717, 1.165) is 4.88 Å². The van der Waals surface area contributed by atoms with E-state index in [4.69, 9.17) is 5.11 Å². The van der Waals surface area contributed by atoms with Gasteiger partial charge < -0.3 is 10.4 Å². The molecule has 0 radical (unpaired) electrons. The van der Waals surface area contributed by atoms with Crippen molar-refractivity contribution in [3.8, 4) is 0 Å². The Kier molecular flexibility index (Phi) is 4.67. The molecule has 1 rings (SSSR count). The van der Waals surface area contributed by atoms with Crippen LogP contribution in [0.5, 0.6) is 0 Å². The number of hydrogen-bond donors (Lipinski definition) is 2.